The van der Waals surface area contributed by atoms with Gasteiger partial charge in [-0.3, -0.25) is 9.69 Å². The Kier molecular flexibility index (Phi) is 6.81. The van der Waals surface area contributed by atoms with E-state index in [0.29, 0.717) is 6.54 Å². The average molecular weight is 198 g/mol. The molecule has 0 heterocycles. The van der Waals surface area contributed by atoms with Crippen LogP contribution in [0, 0.1) is 11.8 Å². The van der Waals surface area contributed by atoms with Crippen molar-refractivity contribution in [2.45, 2.75) is 6.92 Å². The van der Waals surface area contributed by atoms with Crippen molar-refractivity contribution in [2.75, 3.05) is 40.3 Å². The van der Waals surface area contributed by atoms with E-state index in [4.69, 9.17) is 5.11 Å². The molecule has 0 aliphatic rings. The number of rotatable bonds is 6. The summed E-state index contributed by atoms with van der Waals surface area (Å²) in [6.07, 6.45) is 0. The topological polar surface area (TPSA) is 43.8 Å². The maximum Gasteiger partial charge on any atom is 0.317 e. The normalized spacial score (nSPS) is 10.1. The fraction of sp³-hybridized carbons (Fsp3) is 0.700. The molecule has 4 nitrogen and oxygen atoms in total. The Bertz CT molecular complexity index is 228. The molecule has 0 radical (unpaired) electrons. The van der Waals surface area contributed by atoms with Gasteiger partial charge >= 0.3 is 5.97 Å². The molecular weight excluding hydrogens is 180 g/mol. The number of likely N-dealkylation sites (N-methyl/N-ethyl adjacent to an activating group) is 1. The van der Waals surface area contributed by atoms with Crippen LogP contribution in [0.4, 0.5) is 0 Å². The molecule has 0 aromatic heterocycles. The fourth-order valence-electron chi connectivity index (χ4n) is 0.938. The van der Waals surface area contributed by atoms with Gasteiger partial charge in [0.15, 0.2) is 0 Å². The Morgan fingerprint density at radius 2 is 2.00 bits per heavy atom. The van der Waals surface area contributed by atoms with Crippen LogP contribution in [0.3, 0.4) is 0 Å². The van der Waals surface area contributed by atoms with Crippen molar-refractivity contribution in [1.82, 2.24) is 9.80 Å². The number of hydrogen-bond acceptors (Lipinski definition) is 3. The van der Waals surface area contributed by atoms with Crippen molar-refractivity contribution in [1.29, 1.82) is 0 Å². The Hall–Kier alpha value is -1.05. The maximum absolute atomic E-state index is 10.5. The minimum atomic E-state index is -0.804. The molecule has 0 aromatic carbocycles. The van der Waals surface area contributed by atoms with Gasteiger partial charge in [-0.25, -0.2) is 0 Å². The Balaban J connectivity index is 3.94. The summed E-state index contributed by atoms with van der Waals surface area (Å²) in [7, 11) is 3.93. The van der Waals surface area contributed by atoms with Gasteiger partial charge in [0.25, 0.3) is 0 Å². The van der Waals surface area contributed by atoms with Crippen molar-refractivity contribution >= 4 is 5.97 Å². The predicted octanol–water partition coefficient (Wildman–Crippen LogP) is -0.0421. The number of carboxylic acids is 1. The molecule has 0 unspecified atom stereocenters. The van der Waals surface area contributed by atoms with E-state index in [0.717, 1.165) is 13.1 Å². The quantitative estimate of drug-likeness (QED) is 0.608. The number of aliphatic carboxylic acids is 1. The highest BCUT2D eigenvalue weighted by molar-refractivity contribution is 5.69. The first kappa shape index (κ1) is 12.9. The second-order valence-corrected chi connectivity index (χ2v) is 3.33. The van der Waals surface area contributed by atoms with Gasteiger partial charge in [-0.1, -0.05) is 5.92 Å². The molecule has 0 aliphatic heterocycles. The molecule has 0 aliphatic carbocycles. The monoisotopic (exact) mass is 198 g/mol. The van der Waals surface area contributed by atoms with Gasteiger partial charge in [-0.15, -0.1) is 5.92 Å². The van der Waals surface area contributed by atoms with Gasteiger partial charge in [0, 0.05) is 13.1 Å². The van der Waals surface area contributed by atoms with Crippen LogP contribution in [-0.4, -0.2) is 61.2 Å². The third kappa shape index (κ3) is 7.59. The van der Waals surface area contributed by atoms with Gasteiger partial charge in [-0.2, -0.15) is 0 Å². The fourth-order valence-corrected chi connectivity index (χ4v) is 0.938. The van der Waals surface area contributed by atoms with Crippen LogP contribution in [0.25, 0.3) is 0 Å². The smallest absolute Gasteiger partial charge is 0.317 e. The third-order valence-electron chi connectivity index (χ3n) is 1.70. The molecule has 0 atom stereocenters. The van der Waals surface area contributed by atoms with Crippen molar-refractivity contribution in [3.8, 4) is 11.8 Å². The molecule has 80 valence electrons. The molecular formula is C10H18N2O2. The summed E-state index contributed by atoms with van der Waals surface area (Å²) in [6.45, 7) is 3.91. The first-order valence-electron chi connectivity index (χ1n) is 4.54. The molecule has 0 spiro atoms. The summed E-state index contributed by atoms with van der Waals surface area (Å²) in [6, 6.07) is 0. The number of nitrogens with zero attached hydrogens (tertiary/aromatic N) is 2. The van der Waals surface area contributed by atoms with E-state index in [2.05, 4.69) is 11.8 Å². The molecule has 0 fully saturated rings. The van der Waals surface area contributed by atoms with Crippen molar-refractivity contribution in [3.05, 3.63) is 0 Å². The van der Waals surface area contributed by atoms with E-state index in [1.165, 1.54) is 0 Å². The lowest BCUT2D eigenvalue weighted by atomic mass is 10.4. The van der Waals surface area contributed by atoms with Crippen LogP contribution in [0.1, 0.15) is 6.92 Å². The molecule has 0 bridgehead atoms. The van der Waals surface area contributed by atoms with E-state index >= 15 is 0 Å². The van der Waals surface area contributed by atoms with Crippen molar-refractivity contribution in [2.24, 2.45) is 0 Å². The highest BCUT2D eigenvalue weighted by Gasteiger charge is 2.07. The first-order valence-corrected chi connectivity index (χ1v) is 4.54. The van der Waals surface area contributed by atoms with E-state index in [1.807, 2.05) is 23.9 Å². The summed E-state index contributed by atoms with van der Waals surface area (Å²) in [4.78, 5) is 14.4. The number of carboxylic acid groups (broad SMARTS) is 1. The van der Waals surface area contributed by atoms with E-state index < -0.39 is 5.97 Å². The van der Waals surface area contributed by atoms with Crippen LogP contribution in [-0.2, 0) is 4.79 Å². The summed E-state index contributed by atoms with van der Waals surface area (Å²) in [5, 5.41) is 8.65. The number of hydrogen-bond donors (Lipinski definition) is 1. The Morgan fingerprint density at radius 3 is 2.43 bits per heavy atom. The van der Waals surface area contributed by atoms with Crippen molar-refractivity contribution in [3.63, 3.8) is 0 Å². The van der Waals surface area contributed by atoms with Gasteiger partial charge in [0.1, 0.15) is 0 Å². The van der Waals surface area contributed by atoms with Crippen LogP contribution in [0.15, 0.2) is 0 Å². The predicted molar refractivity (Wildman–Crippen MR) is 56.1 cm³/mol. The van der Waals surface area contributed by atoms with E-state index in [9.17, 15) is 4.79 Å². The van der Waals surface area contributed by atoms with Gasteiger partial charge in [0.05, 0.1) is 13.1 Å². The second-order valence-electron chi connectivity index (χ2n) is 3.33. The molecule has 0 rings (SSSR count). The Morgan fingerprint density at radius 1 is 1.36 bits per heavy atom. The standard InChI is InChI=1S/C10H18N2O2/c1-4-5-6-12(9-10(13)14)8-7-11(2)3/h6-9H2,1-3H3,(H,13,14). The van der Waals surface area contributed by atoms with Crippen LogP contribution >= 0.6 is 0 Å². The molecule has 1 N–H and O–H groups in total. The minimum Gasteiger partial charge on any atom is -0.480 e. The molecule has 0 amide bonds. The van der Waals surface area contributed by atoms with Crippen LogP contribution in [0.5, 0.6) is 0 Å². The highest BCUT2D eigenvalue weighted by atomic mass is 16.4. The largest absolute Gasteiger partial charge is 0.480 e. The lowest BCUT2D eigenvalue weighted by Crippen LogP contribution is -2.35. The lowest BCUT2D eigenvalue weighted by molar-refractivity contribution is -0.138. The molecule has 0 aromatic rings. The molecule has 4 heteroatoms. The first-order chi connectivity index (χ1) is 6.56. The van der Waals surface area contributed by atoms with Crippen LogP contribution < -0.4 is 0 Å². The second kappa shape index (κ2) is 7.36. The average Bonchev–Trinajstić information content (AvgIpc) is 2.09. The maximum atomic E-state index is 10.5. The van der Waals surface area contributed by atoms with Gasteiger partial charge in [0.2, 0.25) is 0 Å². The third-order valence-corrected chi connectivity index (χ3v) is 1.70. The van der Waals surface area contributed by atoms with Crippen molar-refractivity contribution < 1.29 is 9.90 Å². The van der Waals surface area contributed by atoms with E-state index in [1.54, 1.807) is 6.92 Å². The molecule has 0 saturated carbocycles. The minimum absolute atomic E-state index is 0.0581. The zero-order valence-electron chi connectivity index (χ0n) is 9.08. The zero-order chi connectivity index (χ0) is 11.0. The summed E-state index contributed by atoms with van der Waals surface area (Å²) >= 11 is 0. The molecule has 14 heavy (non-hydrogen) atoms. The summed E-state index contributed by atoms with van der Waals surface area (Å²) < 4.78 is 0. The van der Waals surface area contributed by atoms with Gasteiger partial charge in [-0.05, 0) is 21.0 Å². The SMILES string of the molecule is CC#CCN(CCN(C)C)CC(=O)O. The highest BCUT2D eigenvalue weighted by Crippen LogP contribution is 1.88. The van der Waals surface area contributed by atoms with E-state index in [-0.39, 0.29) is 6.54 Å². The number of carbonyl (C=O) groups is 1. The van der Waals surface area contributed by atoms with Crippen LogP contribution in [0.2, 0.25) is 0 Å². The summed E-state index contributed by atoms with van der Waals surface area (Å²) in [5.41, 5.74) is 0. The Labute approximate surface area is 85.5 Å². The summed E-state index contributed by atoms with van der Waals surface area (Å²) in [5.74, 6) is 4.83. The zero-order valence-corrected chi connectivity index (χ0v) is 9.08. The lowest BCUT2D eigenvalue weighted by Gasteiger charge is -2.19. The molecule has 0 saturated heterocycles. The van der Waals surface area contributed by atoms with Gasteiger partial charge < -0.3 is 10.0 Å².